The third-order valence-corrected chi connectivity index (χ3v) is 2.90. The van der Waals surface area contributed by atoms with Crippen LogP contribution in [0.15, 0.2) is 0 Å². The van der Waals surface area contributed by atoms with Crippen LogP contribution in [-0.2, 0) is 0 Å². The van der Waals surface area contributed by atoms with E-state index in [-0.39, 0.29) is 0 Å². The Labute approximate surface area is 74.9 Å². The van der Waals surface area contributed by atoms with E-state index in [9.17, 15) is 0 Å². The number of thiol groups is 1. The van der Waals surface area contributed by atoms with E-state index in [2.05, 4.69) is 29.4 Å². The second-order valence-electron chi connectivity index (χ2n) is 3.09. The Balaban J connectivity index is 2.30. The number of hydrogen-bond donors (Lipinski definition) is 2. The van der Waals surface area contributed by atoms with Gasteiger partial charge in [-0.25, -0.2) is 0 Å². The molecule has 66 valence electrons. The molecule has 1 heterocycles. The first kappa shape index (κ1) is 9.36. The van der Waals surface area contributed by atoms with Crippen molar-refractivity contribution in [3.63, 3.8) is 0 Å². The number of nitrogens with one attached hydrogen (secondary N) is 1. The maximum absolute atomic E-state index is 4.43. The van der Waals surface area contributed by atoms with Crippen LogP contribution in [0.3, 0.4) is 0 Å². The zero-order valence-corrected chi connectivity index (χ0v) is 8.11. The summed E-state index contributed by atoms with van der Waals surface area (Å²) in [5.41, 5.74) is 0. The average molecular weight is 174 g/mol. The highest BCUT2D eigenvalue weighted by Gasteiger charge is 2.15. The monoisotopic (exact) mass is 174 g/mol. The van der Waals surface area contributed by atoms with Gasteiger partial charge in [0.05, 0.1) is 0 Å². The largest absolute Gasteiger partial charge is 0.317 e. The Morgan fingerprint density at radius 3 is 3.00 bits per heavy atom. The van der Waals surface area contributed by atoms with E-state index in [0.29, 0.717) is 6.04 Å². The van der Waals surface area contributed by atoms with Crippen LogP contribution >= 0.6 is 12.8 Å². The molecule has 0 aliphatic carbocycles. The summed E-state index contributed by atoms with van der Waals surface area (Å²) in [4.78, 5) is 0. The molecule has 0 aromatic heterocycles. The van der Waals surface area contributed by atoms with Crippen molar-refractivity contribution in [3.8, 4) is 0 Å². The third-order valence-electron chi connectivity index (χ3n) is 2.29. The minimum absolute atomic E-state index is 0.693. The lowest BCUT2D eigenvalue weighted by Gasteiger charge is -2.23. The summed E-state index contributed by atoms with van der Waals surface area (Å²) in [6, 6.07) is 0.693. The normalized spacial score (nSPS) is 27.0. The highest BCUT2D eigenvalue weighted by Crippen LogP contribution is 2.14. The molecule has 2 nitrogen and oxygen atoms in total. The molecule has 1 atom stereocenters. The van der Waals surface area contributed by atoms with E-state index >= 15 is 0 Å². The van der Waals surface area contributed by atoms with Crippen LogP contribution in [0.1, 0.15) is 26.2 Å². The van der Waals surface area contributed by atoms with Gasteiger partial charge in [0.2, 0.25) is 0 Å². The molecule has 11 heavy (non-hydrogen) atoms. The van der Waals surface area contributed by atoms with Crippen LogP contribution in [0.5, 0.6) is 0 Å². The molecule has 1 aliphatic heterocycles. The van der Waals surface area contributed by atoms with Crippen LogP contribution in [-0.4, -0.2) is 30.0 Å². The van der Waals surface area contributed by atoms with E-state index in [1.807, 2.05) is 0 Å². The number of hydrogen-bond acceptors (Lipinski definition) is 3. The lowest BCUT2D eigenvalue weighted by atomic mass is 10.1. The molecule has 1 saturated heterocycles. The summed E-state index contributed by atoms with van der Waals surface area (Å²) in [5, 5.41) is 3.40. The van der Waals surface area contributed by atoms with Gasteiger partial charge in [0.1, 0.15) is 0 Å². The van der Waals surface area contributed by atoms with Crippen LogP contribution < -0.4 is 5.32 Å². The van der Waals surface area contributed by atoms with E-state index in [1.165, 1.54) is 25.8 Å². The van der Waals surface area contributed by atoms with Gasteiger partial charge >= 0.3 is 0 Å². The second kappa shape index (κ2) is 5.01. The molecule has 0 aromatic rings. The lowest BCUT2D eigenvalue weighted by Crippen LogP contribution is -2.28. The van der Waals surface area contributed by atoms with E-state index < -0.39 is 0 Å². The van der Waals surface area contributed by atoms with Crippen molar-refractivity contribution in [3.05, 3.63) is 0 Å². The van der Waals surface area contributed by atoms with Gasteiger partial charge in [-0.3, -0.25) is 4.31 Å². The Morgan fingerprint density at radius 1 is 1.45 bits per heavy atom. The van der Waals surface area contributed by atoms with Crippen LogP contribution in [0.25, 0.3) is 0 Å². The zero-order chi connectivity index (χ0) is 8.10. The summed E-state index contributed by atoms with van der Waals surface area (Å²) >= 11 is 4.43. The summed E-state index contributed by atoms with van der Waals surface area (Å²) in [7, 11) is 0. The molecule has 0 saturated carbocycles. The number of nitrogens with zero attached hydrogens (tertiary/aromatic N) is 1. The summed E-state index contributed by atoms with van der Waals surface area (Å²) < 4.78 is 2.16. The van der Waals surface area contributed by atoms with E-state index in [0.717, 1.165) is 13.1 Å². The Bertz CT molecular complexity index is 100. The van der Waals surface area contributed by atoms with Gasteiger partial charge in [0, 0.05) is 12.6 Å². The minimum atomic E-state index is 0.693. The molecule has 1 fully saturated rings. The SMILES string of the molecule is CCN(S)C1CCCNCC1. The van der Waals surface area contributed by atoms with Crippen LogP contribution in [0.2, 0.25) is 0 Å². The molecule has 1 aliphatic rings. The molecule has 0 aromatic carbocycles. The van der Waals surface area contributed by atoms with Gasteiger partial charge in [-0.05, 0) is 32.4 Å². The van der Waals surface area contributed by atoms with Gasteiger partial charge in [0.25, 0.3) is 0 Å². The molecule has 1 rings (SSSR count). The molecule has 1 unspecified atom stereocenters. The molecule has 0 amide bonds. The Kier molecular flexibility index (Phi) is 4.26. The number of rotatable bonds is 2. The van der Waals surface area contributed by atoms with Crippen LogP contribution in [0.4, 0.5) is 0 Å². The van der Waals surface area contributed by atoms with Gasteiger partial charge in [-0.2, -0.15) is 0 Å². The van der Waals surface area contributed by atoms with Crippen LogP contribution in [0, 0.1) is 0 Å². The fraction of sp³-hybridized carbons (Fsp3) is 1.00. The smallest absolute Gasteiger partial charge is 0.0212 e. The molecule has 1 N–H and O–H groups in total. The van der Waals surface area contributed by atoms with Crippen molar-refractivity contribution in [1.82, 2.24) is 9.62 Å². The first-order valence-electron chi connectivity index (χ1n) is 4.51. The van der Waals surface area contributed by atoms with E-state index in [4.69, 9.17) is 0 Å². The van der Waals surface area contributed by atoms with Gasteiger partial charge in [-0.15, -0.1) is 0 Å². The van der Waals surface area contributed by atoms with Crippen molar-refractivity contribution in [2.75, 3.05) is 19.6 Å². The maximum Gasteiger partial charge on any atom is 0.0212 e. The van der Waals surface area contributed by atoms with Crippen molar-refractivity contribution in [2.24, 2.45) is 0 Å². The van der Waals surface area contributed by atoms with Gasteiger partial charge in [0.15, 0.2) is 0 Å². The molecule has 0 radical (unpaired) electrons. The molecule has 3 heteroatoms. The Morgan fingerprint density at radius 2 is 2.27 bits per heavy atom. The standard InChI is InChI=1S/C8H18N2S/c1-2-10(11)8-4-3-6-9-7-5-8/h8-9,11H,2-7H2,1H3. The van der Waals surface area contributed by atoms with Gasteiger partial charge < -0.3 is 5.32 Å². The predicted octanol–water partition coefficient (Wildman–Crippen LogP) is 1.30. The lowest BCUT2D eigenvalue weighted by molar-refractivity contribution is 0.342. The third kappa shape index (κ3) is 3.01. The summed E-state index contributed by atoms with van der Waals surface area (Å²) in [5.74, 6) is 0. The summed E-state index contributed by atoms with van der Waals surface area (Å²) in [6.07, 6.45) is 3.84. The maximum atomic E-state index is 4.43. The minimum Gasteiger partial charge on any atom is -0.317 e. The van der Waals surface area contributed by atoms with E-state index in [1.54, 1.807) is 0 Å². The fourth-order valence-electron chi connectivity index (χ4n) is 1.56. The predicted molar refractivity (Wildman–Crippen MR) is 51.9 cm³/mol. The molecule has 0 spiro atoms. The van der Waals surface area contributed by atoms with Crippen molar-refractivity contribution in [2.45, 2.75) is 32.2 Å². The summed E-state index contributed by atoms with van der Waals surface area (Å²) in [6.45, 7) is 5.54. The molecular formula is C8H18N2S. The highest BCUT2D eigenvalue weighted by molar-refractivity contribution is 7.77. The molecule has 0 bridgehead atoms. The second-order valence-corrected chi connectivity index (χ2v) is 3.60. The first-order chi connectivity index (χ1) is 5.34. The van der Waals surface area contributed by atoms with Crippen molar-refractivity contribution < 1.29 is 0 Å². The first-order valence-corrected chi connectivity index (χ1v) is 4.91. The average Bonchev–Trinajstić information content (AvgIpc) is 2.30. The quantitative estimate of drug-likeness (QED) is 0.613. The van der Waals surface area contributed by atoms with Crippen molar-refractivity contribution in [1.29, 1.82) is 0 Å². The van der Waals surface area contributed by atoms with Gasteiger partial charge in [-0.1, -0.05) is 19.7 Å². The highest BCUT2D eigenvalue weighted by atomic mass is 32.1. The topological polar surface area (TPSA) is 15.3 Å². The van der Waals surface area contributed by atoms with Crippen molar-refractivity contribution >= 4 is 12.8 Å². The molecular weight excluding hydrogens is 156 g/mol. The zero-order valence-electron chi connectivity index (χ0n) is 7.21. The fourth-order valence-corrected chi connectivity index (χ4v) is 1.79. The Hall–Kier alpha value is 0.270.